The summed E-state index contributed by atoms with van der Waals surface area (Å²) in [6.45, 7) is 0.690. The first-order chi connectivity index (χ1) is 7.58. The van der Waals surface area contributed by atoms with Crippen LogP contribution in [0.1, 0.15) is 11.1 Å². The van der Waals surface area contributed by atoms with E-state index in [1.54, 1.807) is 18.0 Å². The summed E-state index contributed by atoms with van der Waals surface area (Å²) in [5.41, 5.74) is 1.87. The fourth-order valence-electron chi connectivity index (χ4n) is 2.12. The van der Waals surface area contributed by atoms with Crippen LogP contribution in [0.4, 0.5) is 4.39 Å². The van der Waals surface area contributed by atoms with Crippen LogP contribution in [0.5, 0.6) is 0 Å². The molecule has 16 heavy (non-hydrogen) atoms. The van der Waals surface area contributed by atoms with Crippen molar-refractivity contribution in [3.63, 3.8) is 0 Å². The average molecular weight is 223 g/mol. The molecule has 1 aliphatic heterocycles. The minimum atomic E-state index is -0.848. The quantitative estimate of drug-likeness (QED) is 0.780. The summed E-state index contributed by atoms with van der Waals surface area (Å²) in [6.07, 6.45) is 1.15. The minimum absolute atomic E-state index is 0.299. The van der Waals surface area contributed by atoms with E-state index in [-0.39, 0.29) is 5.82 Å². The van der Waals surface area contributed by atoms with Crippen molar-refractivity contribution in [3.05, 3.63) is 35.1 Å². The molecule has 86 valence electrons. The molecule has 0 aromatic heterocycles. The summed E-state index contributed by atoms with van der Waals surface area (Å²) < 4.78 is 13.1. The first-order valence-corrected chi connectivity index (χ1v) is 5.28. The molecule has 4 heteroatoms. The largest absolute Gasteiger partial charge is 0.480 e. The van der Waals surface area contributed by atoms with Crippen molar-refractivity contribution in [2.24, 2.45) is 0 Å². The number of carbonyl (C=O) groups is 1. The van der Waals surface area contributed by atoms with Gasteiger partial charge in [0.25, 0.3) is 0 Å². The van der Waals surface area contributed by atoms with E-state index < -0.39 is 12.0 Å². The van der Waals surface area contributed by atoms with Gasteiger partial charge in [0.15, 0.2) is 0 Å². The second-order valence-corrected chi connectivity index (χ2v) is 4.20. The molecule has 1 aromatic rings. The monoisotopic (exact) mass is 223 g/mol. The van der Waals surface area contributed by atoms with E-state index in [9.17, 15) is 9.18 Å². The van der Waals surface area contributed by atoms with Crippen LogP contribution in [-0.2, 0) is 17.6 Å². The molecule has 1 N–H and O–H groups in total. The highest BCUT2D eigenvalue weighted by Gasteiger charge is 2.26. The number of halogens is 1. The standard InChI is InChI=1S/C12H14FNO2/c1-14-5-4-8-2-3-10(13)6-9(8)7-11(14)12(15)16/h2-3,6,11H,4-5,7H2,1H3,(H,15,16). The summed E-state index contributed by atoms with van der Waals surface area (Å²) in [7, 11) is 1.79. The normalized spacial score (nSPS) is 21.2. The number of hydrogen-bond acceptors (Lipinski definition) is 2. The highest BCUT2D eigenvalue weighted by Crippen LogP contribution is 2.20. The predicted octanol–water partition coefficient (Wildman–Crippen LogP) is 1.31. The van der Waals surface area contributed by atoms with Gasteiger partial charge in [0, 0.05) is 6.54 Å². The molecule has 3 nitrogen and oxygen atoms in total. The third kappa shape index (κ3) is 2.07. The molecule has 0 saturated carbocycles. The number of carboxylic acid groups (broad SMARTS) is 1. The Morgan fingerprint density at radius 2 is 2.25 bits per heavy atom. The highest BCUT2D eigenvalue weighted by atomic mass is 19.1. The molecular formula is C12H14FNO2. The Labute approximate surface area is 93.5 Å². The maximum Gasteiger partial charge on any atom is 0.321 e. The predicted molar refractivity (Wildman–Crippen MR) is 57.9 cm³/mol. The number of nitrogens with zero attached hydrogens (tertiary/aromatic N) is 1. The van der Waals surface area contributed by atoms with Crippen LogP contribution in [0.25, 0.3) is 0 Å². The van der Waals surface area contributed by atoms with Crippen molar-refractivity contribution in [1.29, 1.82) is 0 Å². The van der Waals surface area contributed by atoms with Crippen molar-refractivity contribution in [3.8, 4) is 0 Å². The third-order valence-corrected chi connectivity index (χ3v) is 3.13. The van der Waals surface area contributed by atoms with E-state index in [0.29, 0.717) is 13.0 Å². The summed E-state index contributed by atoms with van der Waals surface area (Å²) in [5.74, 6) is -1.15. The average Bonchev–Trinajstić information content (AvgIpc) is 2.38. The number of aliphatic carboxylic acids is 1. The summed E-state index contributed by atoms with van der Waals surface area (Å²) in [4.78, 5) is 12.9. The zero-order chi connectivity index (χ0) is 11.7. The van der Waals surface area contributed by atoms with E-state index in [1.807, 2.05) is 0 Å². The molecule has 1 aromatic carbocycles. The Morgan fingerprint density at radius 3 is 2.94 bits per heavy atom. The molecule has 0 spiro atoms. The molecule has 0 fully saturated rings. The fraction of sp³-hybridized carbons (Fsp3) is 0.417. The number of carboxylic acids is 1. The van der Waals surface area contributed by atoms with Gasteiger partial charge in [-0.05, 0) is 43.1 Å². The summed E-state index contributed by atoms with van der Waals surface area (Å²) >= 11 is 0. The number of hydrogen-bond donors (Lipinski definition) is 1. The smallest absolute Gasteiger partial charge is 0.321 e. The Kier molecular flexibility index (Phi) is 2.92. The van der Waals surface area contributed by atoms with Crippen LogP contribution >= 0.6 is 0 Å². The molecule has 1 atom stereocenters. The van der Waals surface area contributed by atoms with Crippen LogP contribution in [0.3, 0.4) is 0 Å². The van der Waals surface area contributed by atoms with Crippen LogP contribution in [-0.4, -0.2) is 35.6 Å². The minimum Gasteiger partial charge on any atom is -0.480 e. The Morgan fingerprint density at radius 1 is 1.50 bits per heavy atom. The second kappa shape index (κ2) is 4.22. The van der Waals surface area contributed by atoms with E-state index in [0.717, 1.165) is 17.5 Å². The molecule has 1 unspecified atom stereocenters. The lowest BCUT2D eigenvalue weighted by atomic mass is 10.0. The van der Waals surface area contributed by atoms with Crippen LogP contribution in [0.2, 0.25) is 0 Å². The molecule has 0 radical (unpaired) electrons. The number of rotatable bonds is 1. The SMILES string of the molecule is CN1CCc2ccc(F)cc2CC1C(=O)O. The highest BCUT2D eigenvalue weighted by molar-refractivity contribution is 5.74. The van der Waals surface area contributed by atoms with Crippen molar-refractivity contribution in [2.45, 2.75) is 18.9 Å². The molecule has 1 heterocycles. The van der Waals surface area contributed by atoms with Crippen molar-refractivity contribution < 1.29 is 14.3 Å². The van der Waals surface area contributed by atoms with Gasteiger partial charge in [-0.25, -0.2) is 4.39 Å². The Hall–Kier alpha value is -1.42. The van der Waals surface area contributed by atoms with Gasteiger partial charge in [-0.1, -0.05) is 6.07 Å². The van der Waals surface area contributed by atoms with Gasteiger partial charge in [0.05, 0.1) is 0 Å². The maximum atomic E-state index is 13.1. The zero-order valence-corrected chi connectivity index (χ0v) is 9.11. The van der Waals surface area contributed by atoms with E-state index in [4.69, 9.17) is 5.11 Å². The number of benzene rings is 1. The molecule has 0 bridgehead atoms. The summed E-state index contributed by atoms with van der Waals surface area (Å²) in [6, 6.07) is 4.08. The lowest BCUT2D eigenvalue weighted by Gasteiger charge is -2.21. The van der Waals surface area contributed by atoms with Crippen molar-refractivity contribution >= 4 is 5.97 Å². The number of likely N-dealkylation sites (N-methyl/N-ethyl adjacent to an activating group) is 1. The number of fused-ring (bicyclic) bond motifs is 1. The van der Waals surface area contributed by atoms with Gasteiger partial charge in [0.2, 0.25) is 0 Å². The van der Waals surface area contributed by atoms with E-state index in [1.165, 1.54) is 12.1 Å². The van der Waals surface area contributed by atoms with Crippen molar-refractivity contribution in [1.82, 2.24) is 4.90 Å². The van der Waals surface area contributed by atoms with E-state index >= 15 is 0 Å². The molecule has 0 aliphatic carbocycles. The van der Waals surface area contributed by atoms with Gasteiger partial charge >= 0.3 is 5.97 Å². The summed E-state index contributed by atoms with van der Waals surface area (Å²) in [5, 5.41) is 9.09. The Bertz CT molecular complexity index is 419. The maximum absolute atomic E-state index is 13.1. The van der Waals surface area contributed by atoms with Crippen LogP contribution in [0.15, 0.2) is 18.2 Å². The lowest BCUT2D eigenvalue weighted by molar-refractivity contribution is -0.142. The van der Waals surface area contributed by atoms with Crippen LogP contribution < -0.4 is 0 Å². The van der Waals surface area contributed by atoms with Gasteiger partial charge in [-0.15, -0.1) is 0 Å². The zero-order valence-electron chi connectivity index (χ0n) is 9.11. The van der Waals surface area contributed by atoms with Gasteiger partial charge in [-0.3, -0.25) is 9.69 Å². The van der Waals surface area contributed by atoms with Gasteiger partial charge in [0.1, 0.15) is 11.9 Å². The van der Waals surface area contributed by atoms with Crippen LogP contribution in [0, 0.1) is 5.82 Å². The molecule has 2 rings (SSSR count). The first-order valence-electron chi connectivity index (χ1n) is 5.28. The first kappa shape index (κ1) is 11.1. The van der Waals surface area contributed by atoms with Gasteiger partial charge < -0.3 is 5.11 Å². The lowest BCUT2D eigenvalue weighted by Crippen LogP contribution is -2.39. The molecular weight excluding hydrogens is 209 g/mol. The van der Waals surface area contributed by atoms with Gasteiger partial charge in [-0.2, -0.15) is 0 Å². The fourth-order valence-corrected chi connectivity index (χ4v) is 2.12. The third-order valence-electron chi connectivity index (χ3n) is 3.13. The Balaban J connectivity index is 2.35. The van der Waals surface area contributed by atoms with E-state index in [2.05, 4.69) is 0 Å². The second-order valence-electron chi connectivity index (χ2n) is 4.20. The molecule has 0 amide bonds. The molecule has 0 saturated heterocycles. The molecule has 1 aliphatic rings. The topological polar surface area (TPSA) is 40.5 Å². The van der Waals surface area contributed by atoms with Crippen molar-refractivity contribution in [2.75, 3.05) is 13.6 Å².